The van der Waals surface area contributed by atoms with E-state index in [0.717, 1.165) is 5.56 Å². The summed E-state index contributed by atoms with van der Waals surface area (Å²) in [4.78, 5) is 27.1. The molecular weight excluding hydrogens is 324 g/mol. The normalized spacial score (nSPS) is 11.6. The van der Waals surface area contributed by atoms with Gasteiger partial charge in [0, 0.05) is 11.3 Å². The van der Waals surface area contributed by atoms with E-state index in [1.54, 1.807) is 36.4 Å². The fourth-order valence-electron chi connectivity index (χ4n) is 2.88. The van der Waals surface area contributed by atoms with Crippen molar-refractivity contribution in [1.29, 1.82) is 0 Å². The van der Waals surface area contributed by atoms with Gasteiger partial charge in [0.05, 0.1) is 0 Å². The van der Waals surface area contributed by atoms with Crippen molar-refractivity contribution in [3.63, 3.8) is 0 Å². The number of primary amides is 1. The second kappa shape index (κ2) is 7.66. The zero-order chi connectivity index (χ0) is 18.5. The first-order chi connectivity index (χ1) is 12.6. The number of amides is 2. The molecule has 3 aromatic carbocycles. The predicted molar refractivity (Wildman–Crippen MR) is 103 cm³/mol. The van der Waals surface area contributed by atoms with Crippen LogP contribution in [0.2, 0.25) is 0 Å². The van der Waals surface area contributed by atoms with Gasteiger partial charge in [0.15, 0.2) is 0 Å². The molecule has 0 radical (unpaired) electrons. The largest absolute Gasteiger partial charge is 0.368 e. The number of anilines is 1. The molecule has 0 saturated carbocycles. The Morgan fingerprint density at radius 3 is 1.88 bits per heavy atom. The Labute approximate surface area is 152 Å². The first kappa shape index (κ1) is 17.4. The predicted octanol–water partition coefficient (Wildman–Crippen LogP) is 3.87. The highest BCUT2D eigenvalue weighted by Gasteiger charge is 2.31. The summed E-state index contributed by atoms with van der Waals surface area (Å²) in [6.07, 6.45) is 0. The lowest BCUT2D eigenvalue weighted by Crippen LogP contribution is -2.42. The van der Waals surface area contributed by atoms with Crippen molar-refractivity contribution in [3.05, 3.63) is 102 Å². The van der Waals surface area contributed by atoms with E-state index in [9.17, 15) is 9.59 Å². The summed E-state index contributed by atoms with van der Waals surface area (Å²) in [5, 5.41) is 0. The highest BCUT2D eigenvalue weighted by Crippen LogP contribution is 2.29. The molecule has 0 aliphatic carbocycles. The molecule has 0 spiro atoms. The molecule has 26 heavy (non-hydrogen) atoms. The molecule has 2 N–H and O–H groups in total. The second-order valence-corrected chi connectivity index (χ2v) is 6.09. The number of carbonyl (C=O) groups excluding carboxylic acids is 2. The van der Waals surface area contributed by atoms with Crippen molar-refractivity contribution in [3.8, 4) is 0 Å². The molecule has 0 aromatic heterocycles. The van der Waals surface area contributed by atoms with Crippen molar-refractivity contribution in [2.75, 3.05) is 4.90 Å². The van der Waals surface area contributed by atoms with E-state index in [2.05, 4.69) is 0 Å². The van der Waals surface area contributed by atoms with Crippen molar-refractivity contribution in [2.45, 2.75) is 13.0 Å². The summed E-state index contributed by atoms with van der Waals surface area (Å²) in [5.74, 6) is -0.858. The lowest BCUT2D eigenvalue weighted by atomic mass is 10.0. The van der Waals surface area contributed by atoms with Crippen LogP contribution in [0.1, 0.15) is 27.5 Å². The fourth-order valence-corrected chi connectivity index (χ4v) is 2.88. The zero-order valence-corrected chi connectivity index (χ0v) is 14.5. The lowest BCUT2D eigenvalue weighted by Gasteiger charge is -2.30. The third-order valence-corrected chi connectivity index (χ3v) is 4.19. The number of para-hydroxylation sites is 1. The Bertz CT molecular complexity index is 890. The molecule has 0 heterocycles. The number of benzene rings is 3. The minimum atomic E-state index is -0.897. The molecule has 0 fully saturated rings. The molecule has 4 nitrogen and oxygen atoms in total. The quantitative estimate of drug-likeness (QED) is 0.764. The van der Waals surface area contributed by atoms with E-state index in [1.807, 2.05) is 55.5 Å². The fraction of sp³-hybridized carbons (Fsp3) is 0.0909. The number of nitrogens with two attached hydrogens (primary N) is 1. The van der Waals surface area contributed by atoms with Crippen LogP contribution in [-0.4, -0.2) is 11.8 Å². The Kier molecular flexibility index (Phi) is 5.13. The van der Waals surface area contributed by atoms with Gasteiger partial charge >= 0.3 is 0 Å². The summed E-state index contributed by atoms with van der Waals surface area (Å²) in [6, 6.07) is 24.6. The average Bonchev–Trinajstić information content (AvgIpc) is 2.67. The third-order valence-electron chi connectivity index (χ3n) is 4.19. The molecule has 0 saturated heterocycles. The van der Waals surface area contributed by atoms with Gasteiger partial charge in [-0.15, -0.1) is 0 Å². The molecule has 3 rings (SSSR count). The molecule has 2 amide bonds. The smallest absolute Gasteiger partial charge is 0.259 e. The van der Waals surface area contributed by atoms with Gasteiger partial charge in [-0.05, 0) is 36.8 Å². The standard InChI is InChI=1S/C22H20N2O2/c1-16-12-14-17(15-13-16)20(21(23)25)24(19-10-6-3-7-11-19)22(26)18-8-4-2-5-9-18/h2-15,20H,1H3,(H2,23,25). The van der Waals surface area contributed by atoms with Crippen molar-refractivity contribution in [1.82, 2.24) is 0 Å². The first-order valence-corrected chi connectivity index (χ1v) is 8.37. The van der Waals surface area contributed by atoms with Crippen LogP contribution >= 0.6 is 0 Å². The summed E-state index contributed by atoms with van der Waals surface area (Å²) < 4.78 is 0. The van der Waals surface area contributed by atoms with Crippen molar-refractivity contribution in [2.24, 2.45) is 5.73 Å². The Morgan fingerprint density at radius 1 is 0.808 bits per heavy atom. The topological polar surface area (TPSA) is 63.4 Å². The molecular formula is C22H20N2O2. The third kappa shape index (κ3) is 3.64. The van der Waals surface area contributed by atoms with Crippen LogP contribution in [0.5, 0.6) is 0 Å². The highest BCUT2D eigenvalue weighted by atomic mass is 16.2. The molecule has 0 bridgehead atoms. The Hall–Kier alpha value is -3.40. The van der Waals surface area contributed by atoms with E-state index in [4.69, 9.17) is 5.73 Å². The van der Waals surface area contributed by atoms with Crippen LogP contribution in [0, 0.1) is 6.92 Å². The Morgan fingerprint density at radius 2 is 1.35 bits per heavy atom. The summed E-state index contributed by atoms with van der Waals surface area (Å²) in [7, 11) is 0. The lowest BCUT2D eigenvalue weighted by molar-refractivity contribution is -0.119. The number of nitrogens with zero attached hydrogens (tertiary/aromatic N) is 1. The molecule has 130 valence electrons. The summed E-state index contributed by atoms with van der Waals surface area (Å²) in [6.45, 7) is 1.97. The maximum absolute atomic E-state index is 13.2. The number of rotatable bonds is 5. The van der Waals surface area contributed by atoms with E-state index >= 15 is 0 Å². The molecule has 0 aliphatic heterocycles. The summed E-state index contributed by atoms with van der Waals surface area (Å²) >= 11 is 0. The minimum absolute atomic E-state index is 0.277. The van der Waals surface area contributed by atoms with Gasteiger partial charge in [-0.1, -0.05) is 66.2 Å². The number of hydrogen-bond donors (Lipinski definition) is 1. The van der Waals surface area contributed by atoms with E-state index in [0.29, 0.717) is 16.8 Å². The van der Waals surface area contributed by atoms with Crippen LogP contribution in [0.4, 0.5) is 5.69 Å². The molecule has 1 unspecified atom stereocenters. The second-order valence-electron chi connectivity index (χ2n) is 6.09. The van der Waals surface area contributed by atoms with Crippen LogP contribution in [0.25, 0.3) is 0 Å². The SMILES string of the molecule is Cc1ccc(C(C(N)=O)N(C(=O)c2ccccc2)c2ccccc2)cc1. The van der Waals surface area contributed by atoms with Crippen molar-refractivity contribution >= 4 is 17.5 Å². The van der Waals surface area contributed by atoms with E-state index in [1.165, 1.54) is 4.90 Å². The van der Waals surface area contributed by atoms with E-state index in [-0.39, 0.29) is 5.91 Å². The van der Waals surface area contributed by atoms with Gasteiger partial charge in [-0.2, -0.15) is 0 Å². The minimum Gasteiger partial charge on any atom is -0.368 e. The monoisotopic (exact) mass is 344 g/mol. The van der Waals surface area contributed by atoms with E-state index < -0.39 is 11.9 Å². The van der Waals surface area contributed by atoms with Crippen LogP contribution in [0.3, 0.4) is 0 Å². The van der Waals surface area contributed by atoms with Crippen molar-refractivity contribution < 1.29 is 9.59 Å². The zero-order valence-electron chi connectivity index (χ0n) is 14.5. The van der Waals surface area contributed by atoms with Gasteiger partial charge in [0.1, 0.15) is 6.04 Å². The summed E-state index contributed by atoms with van der Waals surface area (Å²) in [5.41, 5.74) is 8.58. The van der Waals surface area contributed by atoms with Crippen LogP contribution < -0.4 is 10.6 Å². The highest BCUT2D eigenvalue weighted by molar-refractivity contribution is 6.09. The molecule has 0 aliphatic rings. The van der Waals surface area contributed by atoms with Gasteiger partial charge in [-0.3, -0.25) is 14.5 Å². The molecule has 1 atom stereocenters. The van der Waals surface area contributed by atoms with Gasteiger partial charge in [0.25, 0.3) is 5.91 Å². The maximum Gasteiger partial charge on any atom is 0.259 e. The van der Waals surface area contributed by atoms with Gasteiger partial charge in [0.2, 0.25) is 5.91 Å². The average molecular weight is 344 g/mol. The number of hydrogen-bond acceptors (Lipinski definition) is 2. The van der Waals surface area contributed by atoms with Gasteiger partial charge < -0.3 is 5.73 Å². The number of carbonyl (C=O) groups is 2. The van der Waals surface area contributed by atoms with Crippen LogP contribution in [0.15, 0.2) is 84.9 Å². The first-order valence-electron chi connectivity index (χ1n) is 8.37. The molecule has 4 heteroatoms. The Balaban J connectivity index is 2.13. The molecule has 3 aromatic rings. The van der Waals surface area contributed by atoms with Gasteiger partial charge in [-0.25, -0.2) is 0 Å². The van der Waals surface area contributed by atoms with Crippen LogP contribution in [-0.2, 0) is 4.79 Å². The maximum atomic E-state index is 13.2. The number of aryl methyl sites for hydroxylation is 1.